The van der Waals surface area contributed by atoms with Crippen molar-refractivity contribution in [2.75, 3.05) is 22.8 Å². The Morgan fingerprint density at radius 1 is 1.24 bits per heavy atom. The molecular formula is C21H16Cl2FN3O5S. The van der Waals surface area contributed by atoms with E-state index in [0.29, 0.717) is 0 Å². The van der Waals surface area contributed by atoms with Crippen LogP contribution in [0.5, 0.6) is 5.88 Å². The van der Waals surface area contributed by atoms with Gasteiger partial charge >= 0.3 is 0 Å². The van der Waals surface area contributed by atoms with Crippen LogP contribution in [0.2, 0.25) is 10.0 Å². The van der Waals surface area contributed by atoms with Gasteiger partial charge in [-0.05, 0) is 36.4 Å². The summed E-state index contributed by atoms with van der Waals surface area (Å²) < 4.78 is 47.4. The molecule has 2 heterocycles. The summed E-state index contributed by atoms with van der Waals surface area (Å²) in [6.07, 6.45) is 0.353. The third-order valence-corrected chi connectivity index (χ3v) is 7.11. The van der Waals surface area contributed by atoms with Crippen LogP contribution in [-0.4, -0.2) is 43.7 Å². The third-order valence-electron chi connectivity index (χ3n) is 4.78. The summed E-state index contributed by atoms with van der Waals surface area (Å²) in [5.41, 5.74) is -0.260. The number of aliphatic hydroxyl groups is 1. The number of hydrogen-bond donors (Lipinski definition) is 2. The molecule has 1 aliphatic heterocycles. The highest BCUT2D eigenvalue weighted by Gasteiger charge is 2.35. The fourth-order valence-corrected chi connectivity index (χ4v) is 5.28. The zero-order valence-electron chi connectivity index (χ0n) is 16.7. The fraction of sp³-hybridized carbons (Fsp3) is 0.143. The fourth-order valence-electron chi connectivity index (χ4n) is 3.24. The Hall–Kier alpha value is -2.92. The molecule has 0 spiro atoms. The lowest BCUT2D eigenvalue weighted by Crippen LogP contribution is -2.45. The van der Waals surface area contributed by atoms with Crippen LogP contribution >= 0.6 is 23.2 Å². The predicted molar refractivity (Wildman–Crippen MR) is 121 cm³/mol. The number of aromatic nitrogens is 1. The number of fused-ring (bicyclic) bond motifs is 1. The monoisotopic (exact) mass is 511 g/mol. The first-order valence-electron chi connectivity index (χ1n) is 9.52. The number of ether oxygens (including phenoxy) is 1. The van der Waals surface area contributed by atoms with Crippen LogP contribution in [0.25, 0.3) is 0 Å². The molecule has 172 valence electrons. The Morgan fingerprint density at radius 2 is 2.00 bits per heavy atom. The highest BCUT2D eigenvalue weighted by atomic mass is 35.5. The normalized spacial score (nSPS) is 15.5. The van der Waals surface area contributed by atoms with Crippen molar-refractivity contribution in [3.63, 3.8) is 0 Å². The maximum absolute atomic E-state index is 14.1. The molecule has 1 aliphatic rings. The number of benzene rings is 2. The first-order valence-corrected chi connectivity index (χ1v) is 11.7. The molecule has 2 N–H and O–H groups in total. The van der Waals surface area contributed by atoms with E-state index in [-0.39, 0.29) is 44.3 Å². The van der Waals surface area contributed by atoms with Crippen molar-refractivity contribution < 1.29 is 27.4 Å². The molecule has 1 atom stereocenters. The number of sulfonamides is 1. The summed E-state index contributed by atoms with van der Waals surface area (Å²) in [7, 11) is -4.13. The summed E-state index contributed by atoms with van der Waals surface area (Å²) >= 11 is 11.9. The van der Waals surface area contributed by atoms with Crippen LogP contribution in [-0.2, 0) is 10.0 Å². The van der Waals surface area contributed by atoms with Gasteiger partial charge in [-0.3, -0.25) is 9.10 Å². The highest BCUT2D eigenvalue weighted by molar-refractivity contribution is 7.92. The van der Waals surface area contributed by atoms with E-state index in [0.717, 1.165) is 10.4 Å². The average molecular weight is 512 g/mol. The molecule has 0 saturated heterocycles. The Morgan fingerprint density at radius 3 is 2.70 bits per heavy atom. The number of nitrogens with zero attached hydrogens (tertiary/aromatic N) is 2. The summed E-state index contributed by atoms with van der Waals surface area (Å²) in [5, 5.41) is 12.2. The van der Waals surface area contributed by atoms with E-state index < -0.39 is 34.5 Å². The summed E-state index contributed by atoms with van der Waals surface area (Å²) in [5.74, 6) is -1.72. The molecule has 33 heavy (non-hydrogen) atoms. The molecule has 1 aromatic heterocycles. The van der Waals surface area contributed by atoms with E-state index in [9.17, 15) is 22.7 Å². The molecule has 1 amide bonds. The first-order chi connectivity index (χ1) is 15.7. The number of pyridine rings is 1. The van der Waals surface area contributed by atoms with Gasteiger partial charge in [0.25, 0.3) is 15.9 Å². The lowest BCUT2D eigenvalue weighted by Gasteiger charge is -2.34. The smallest absolute Gasteiger partial charge is 0.264 e. The van der Waals surface area contributed by atoms with Gasteiger partial charge < -0.3 is 15.2 Å². The van der Waals surface area contributed by atoms with Gasteiger partial charge in [-0.15, -0.1) is 0 Å². The number of carbonyl (C=O) groups excluding carboxylic acids is 1. The minimum absolute atomic E-state index is 0.0251. The SMILES string of the molecule is O=C(Nc1cnc2c(c1)N(S(=O)(=O)c1cccc(Cl)c1)CC(CO)O2)c1c(F)cccc1Cl. The van der Waals surface area contributed by atoms with Crippen molar-refractivity contribution >= 4 is 50.5 Å². The van der Waals surface area contributed by atoms with Crippen molar-refractivity contribution in [3.8, 4) is 5.88 Å². The second-order valence-corrected chi connectivity index (χ2v) is 9.72. The number of aliphatic hydroxyl groups excluding tert-OH is 1. The second-order valence-electron chi connectivity index (χ2n) is 7.02. The van der Waals surface area contributed by atoms with Gasteiger partial charge in [-0.25, -0.2) is 17.8 Å². The first kappa shape index (κ1) is 23.2. The minimum atomic E-state index is -4.13. The van der Waals surface area contributed by atoms with E-state index in [4.69, 9.17) is 27.9 Å². The lowest BCUT2D eigenvalue weighted by atomic mass is 10.2. The van der Waals surface area contributed by atoms with Crippen LogP contribution in [0.4, 0.5) is 15.8 Å². The van der Waals surface area contributed by atoms with E-state index in [1.165, 1.54) is 48.7 Å². The van der Waals surface area contributed by atoms with Crippen molar-refractivity contribution in [2.24, 2.45) is 0 Å². The zero-order chi connectivity index (χ0) is 23.8. The molecule has 0 radical (unpaired) electrons. The van der Waals surface area contributed by atoms with Gasteiger partial charge in [-0.1, -0.05) is 35.3 Å². The van der Waals surface area contributed by atoms with E-state index in [1.54, 1.807) is 0 Å². The van der Waals surface area contributed by atoms with Gasteiger partial charge in [0.15, 0.2) is 0 Å². The number of carbonyl (C=O) groups is 1. The van der Waals surface area contributed by atoms with Crippen LogP contribution in [0.3, 0.4) is 0 Å². The molecule has 0 aliphatic carbocycles. The number of nitrogens with one attached hydrogen (secondary N) is 1. The molecule has 0 fully saturated rings. The van der Waals surface area contributed by atoms with Crippen molar-refractivity contribution in [2.45, 2.75) is 11.0 Å². The van der Waals surface area contributed by atoms with Gasteiger partial charge in [0.1, 0.15) is 17.6 Å². The van der Waals surface area contributed by atoms with Crippen molar-refractivity contribution in [1.29, 1.82) is 0 Å². The quantitative estimate of drug-likeness (QED) is 0.540. The number of rotatable bonds is 5. The van der Waals surface area contributed by atoms with E-state index in [1.807, 2.05) is 0 Å². The molecule has 12 heteroatoms. The van der Waals surface area contributed by atoms with Gasteiger partial charge in [0.05, 0.1) is 40.5 Å². The number of amides is 1. The van der Waals surface area contributed by atoms with Crippen molar-refractivity contribution in [1.82, 2.24) is 4.98 Å². The van der Waals surface area contributed by atoms with Crippen LogP contribution < -0.4 is 14.4 Å². The number of halogens is 3. The Labute approximate surface area is 198 Å². The average Bonchev–Trinajstić information content (AvgIpc) is 2.78. The Kier molecular flexibility index (Phi) is 6.44. The maximum Gasteiger partial charge on any atom is 0.264 e. The molecule has 0 bridgehead atoms. The molecule has 2 aromatic carbocycles. The topological polar surface area (TPSA) is 109 Å². The molecule has 0 saturated carbocycles. The summed E-state index contributed by atoms with van der Waals surface area (Å²) in [4.78, 5) is 16.6. The van der Waals surface area contributed by atoms with Gasteiger partial charge in [0, 0.05) is 5.02 Å². The van der Waals surface area contributed by atoms with E-state index in [2.05, 4.69) is 10.3 Å². The number of hydrogen-bond acceptors (Lipinski definition) is 6. The molecule has 8 nitrogen and oxygen atoms in total. The zero-order valence-corrected chi connectivity index (χ0v) is 19.0. The van der Waals surface area contributed by atoms with Crippen LogP contribution in [0.15, 0.2) is 59.6 Å². The predicted octanol–water partition coefficient (Wildman–Crippen LogP) is 3.73. The lowest BCUT2D eigenvalue weighted by molar-refractivity contribution is 0.102. The van der Waals surface area contributed by atoms with Gasteiger partial charge in [-0.2, -0.15) is 0 Å². The van der Waals surface area contributed by atoms with Crippen molar-refractivity contribution in [3.05, 3.63) is 76.2 Å². The third kappa shape index (κ3) is 4.60. The molecule has 1 unspecified atom stereocenters. The van der Waals surface area contributed by atoms with Gasteiger partial charge in [0.2, 0.25) is 5.88 Å². The highest BCUT2D eigenvalue weighted by Crippen LogP contribution is 2.37. The Balaban J connectivity index is 1.73. The number of anilines is 2. The van der Waals surface area contributed by atoms with Crippen LogP contribution in [0, 0.1) is 5.82 Å². The summed E-state index contributed by atoms with van der Waals surface area (Å²) in [6, 6.07) is 10.8. The second kappa shape index (κ2) is 9.14. The minimum Gasteiger partial charge on any atom is -0.468 e. The Bertz CT molecular complexity index is 1320. The maximum atomic E-state index is 14.1. The van der Waals surface area contributed by atoms with E-state index >= 15 is 0 Å². The molecule has 3 aromatic rings. The molecule has 4 rings (SSSR count). The largest absolute Gasteiger partial charge is 0.468 e. The van der Waals surface area contributed by atoms with Crippen LogP contribution in [0.1, 0.15) is 10.4 Å². The molecular weight excluding hydrogens is 496 g/mol. The summed E-state index contributed by atoms with van der Waals surface area (Å²) in [6.45, 7) is -0.663. The standard InChI is InChI=1S/C21H16Cl2FN3O5S/c22-12-3-1-4-15(7-12)33(30,31)27-10-14(11-28)32-21-18(27)8-13(9-25-21)26-20(29)19-16(23)5-2-6-17(19)24/h1-9,14,28H,10-11H2,(H,26,29).